The Morgan fingerprint density at radius 2 is 1.93 bits per heavy atom. The van der Waals surface area contributed by atoms with Crippen molar-refractivity contribution in [2.24, 2.45) is 0 Å². The van der Waals surface area contributed by atoms with E-state index < -0.39 is 10.4 Å². The molecule has 0 heterocycles. The largest absolute Gasteiger partial charge is 0.408 e. The van der Waals surface area contributed by atoms with E-state index in [4.69, 9.17) is 4.55 Å². The van der Waals surface area contributed by atoms with Gasteiger partial charge in [0.05, 0.1) is 5.75 Å². The molecule has 0 amide bonds. The highest BCUT2D eigenvalue weighted by atomic mass is 32.3. The van der Waals surface area contributed by atoms with Gasteiger partial charge in [0.15, 0.2) is 5.78 Å². The molecule has 0 bridgehead atoms. The van der Waals surface area contributed by atoms with Gasteiger partial charge in [0.25, 0.3) is 0 Å². The van der Waals surface area contributed by atoms with Gasteiger partial charge in [-0.3, -0.25) is 9.35 Å². The third kappa shape index (κ3) is 4.93. The Kier molecular flexibility index (Phi) is 4.28. The SMILES string of the molecule is O=C(CSOS(=O)(=O)O)c1ccccc1. The predicted octanol–water partition coefficient (Wildman–Crippen LogP) is 1.34. The minimum Gasteiger partial charge on any atom is -0.293 e. The summed E-state index contributed by atoms with van der Waals surface area (Å²) >= 11 is 0.376. The average Bonchev–Trinajstić information content (AvgIpc) is 2.17. The van der Waals surface area contributed by atoms with Gasteiger partial charge in [-0.1, -0.05) is 30.3 Å². The lowest BCUT2D eigenvalue weighted by molar-refractivity contribution is 0.102. The molecular weight excluding hydrogens is 240 g/mol. The summed E-state index contributed by atoms with van der Waals surface area (Å²) in [5, 5.41) is 0. The molecule has 0 fully saturated rings. The van der Waals surface area contributed by atoms with Crippen LogP contribution in [0.2, 0.25) is 0 Å². The number of Topliss-reactive ketones (excluding diaryl/α,β-unsaturated/α-hetero) is 1. The molecule has 1 N–H and O–H groups in total. The molecule has 0 saturated carbocycles. The molecule has 0 aliphatic rings. The van der Waals surface area contributed by atoms with Crippen LogP contribution in [0.25, 0.3) is 0 Å². The van der Waals surface area contributed by atoms with Crippen molar-refractivity contribution >= 4 is 28.2 Å². The third-order valence-corrected chi connectivity index (χ3v) is 2.87. The summed E-state index contributed by atoms with van der Waals surface area (Å²) < 4.78 is 32.5. The Morgan fingerprint density at radius 1 is 1.33 bits per heavy atom. The van der Waals surface area contributed by atoms with Crippen LogP contribution in [0.4, 0.5) is 0 Å². The number of hydrogen-bond donors (Lipinski definition) is 1. The van der Waals surface area contributed by atoms with Crippen LogP contribution in [-0.4, -0.2) is 24.5 Å². The van der Waals surface area contributed by atoms with Crippen molar-refractivity contribution < 1.29 is 21.4 Å². The zero-order valence-electron chi connectivity index (χ0n) is 7.49. The van der Waals surface area contributed by atoms with E-state index >= 15 is 0 Å². The van der Waals surface area contributed by atoms with Gasteiger partial charge >= 0.3 is 10.4 Å². The summed E-state index contributed by atoms with van der Waals surface area (Å²) in [5.74, 6) is -0.451. The van der Waals surface area contributed by atoms with E-state index in [1.165, 1.54) is 0 Å². The zero-order chi connectivity index (χ0) is 11.3. The van der Waals surface area contributed by atoms with E-state index in [0.29, 0.717) is 17.6 Å². The van der Waals surface area contributed by atoms with Crippen molar-refractivity contribution in [2.75, 3.05) is 5.75 Å². The maximum atomic E-state index is 11.4. The van der Waals surface area contributed by atoms with Crippen LogP contribution in [0.3, 0.4) is 0 Å². The quantitative estimate of drug-likeness (QED) is 0.481. The number of hydrogen-bond acceptors (Lipinski definition) is 5. The molecule has 0 atom stereocenters. The van der Waals surface area contributed by atoms with Crippen LogP contribution in [0.15, 0.2) is 30.3 Å². The van der Waals surface area contributed by atoms with Gasteiger partial charge in [-0.2, -0.15) is 12.0 Å². The maximum absolute atomic E-state index is 11.4. The summed E-state index contributed by atoms with van der Waals surface area (Å²) in [6, 6.07) is 8.37. The molecule has 0 unspecified atom stereocenters. The highest BCUT2D eigenvalue weighted by molar-refractivity contribution is 8.03. The summed E-state index contributed by atoms with van der Waals surface area (Å²) in [4.78, 5) is 11.4. The molecule has 1 aromatic carbocycles. The molecule has 0 saturated heterocycles. The van der Waals surface area contributed by atoms with Crippen LogP contribution in [0.1, 0.15) is 10.4 Å². The molecule has 82 valence electrons. The van der Waals surface area contributed by atoms with Crippen LogP contribution in [0.5, 0.6) is 0 Å². The summed E-state index contributed by atoms with van der Waals surface area (Å²) in [5.41, 5.74) is 0.462. The first-order chi connectivity index (χ1) is 6.99. The number of carbonyl (C=O) groups excluding carboxylic acids is 1. The Bertz CT molecular complexity index is 426. The molecule has 5 nitrogen and oxygen atoms in total. The Hall–Kier alpha value is -0.890. The zero-order valence-corrected chi connectivity index (χ0v) is 9.12. The minimum absolute atomic E-state index is 0.177. The molecule has 15 heavy (non-hydrogen) atoms. The van der Waals surface area contributed by atoms with E-state index in [2.05, 4.69) is 3.63 Å². The van der Waals surface area contributed by atoms with Crippen LogP contribution in [-0.2, 0) is 14.0 Å². The topological polar surface area (TPSA) is 80.7 Å². The summed E-state index contributed by atoms with van der Waals surface area (Å²) in [6.45, 7) is 0. The standard InChI is InChI=1S/C8H8O5S2/c9-8(6-14-13-15(10,11)12)7-4-2-1-3-5-7/h1-5H,6H2,(H,10,11,12). The van der Waals surface area contributed by atoms with E-state index in [9.17, 15) is 13.2 Å². The van der Waals surface area contributed by atoms with E-state index in [1.807, 2.05) is 0 Å². The van der Waals surface area contributed by atoms with Crippen LogP contribution >= 0.6 is 12.0 Å². The monoisotopic (exact) mass is 248 g/mol. The van der Waals surface area contributed by atoms with Gasteiger partial charge in [-0.05, 0) is 0 Å². The van der Waals surface area contributed by atoms with E-state index in [-0.39, 0.29) is 11.5 Å². The van der Waals surface area contributed by atoms with Gasteiger partial charge in [0, 0.05) is 17.6 Å². The van der Waals surface area contributed by atoms with Gasteiger partial charge < -0.3 is 0 Å². The first-order valence-electron chi connectivity index (χ1n) is 3.86. The van der Waals surface area contributed by atoms with Crippen LogP contribution in [0, 0.1) is 0 Å². The van der Waals surface area contributed by atoms with Crippen molar-refractivity contribution in [3.63, 3.8) is 0 Å². The molecular formula is C8H8O5S2. The predicted molar refractivity (Wildman–Crippen MR) is 55.9 cm³/mol. The number of ketones is 1. The van der Waals surface area contributed by atoms with Crippen molar-refractivity contribution in [1.82, 2.24) is 0 Å². The van der Waals surface area contributed by atoms with Gasteiger partial charge in [0.1, 0.15) is 0 Å². The number of carbonyl (C=O) groups is 1. The molecule has 0 aliphatic carbocycles. The van der Waals surface area contributed by atoms with E-state index in [1.54, 1.807) is 30.3 Å². The normalized spacial score (nSPS) is 11.3. The molecule has 0 aromatic heterocycles. The van der Waals surface area contributed by atoms with E-state index in [0.717, 1.165) is 0 Å². The second kappa shape index (κ2) is 5.26. The van der Waals surface area contributed by atoms with Gasteiger partial charge in [-0.25, -0.2) is 0 Å². The maximum Gasteiger partial charge on any atom is 0.408 e. The molecule has 0 radical (unpaired) electrons. The smallest absolute Gasteiger partial charge is 0.293 e. The summed E-state index contributed by atoms with van der Waals surface area (Å²) in [6.07, 6.45) is 0. The second-order valence-electron chi connectivity index (χ2n) is 2.55. The van der Waals surface area contributed by atoms with Gasteiger partial charge in [0.2, 0.25) is 0 Å². The summed E-state index contributed by atoms with van der Waals surface area (Å²) in [7, 11) is -4.49. The Balaban J connectivity index is 2.45. The lowest BCUT2D eigenvalue weighted by Gasteiger charge is -1.98. The van der Waals surface area contributed by atoms with Crippen LogP contribution < -0.4 is 0 Å². The fourth-order valence-corrected chi connectivity index (χ4v) is 1.80. The first kappa shape index (κ1) is 12.2. The molecule has 7 heteroatoms. The van der Waals surface area contributed by atoms with Crippen molar-refractivity contribution in [2.45, 2.75) is 0 Å². The number of rotatable bonds is 5. The fraction of sp³-hybridized carbons (Fsp3) is 0.125. The lowest BCUT2D eigenvalue weighted by Crippen LogP contribution is -2.05. The van der Waals surface area contributed by atoms with Crippen molar-refractivity contribution in [1.29, 1.82) is 0 Å². The fourth-order valence-electron chi connectivity index (χ4n) is 0.846. The molecule has 1 aromatic rings. The average molecular weight is 248 g/mol. The molecule has 1 rings (SSSR count). The first-order valence-corrected chi connectivity index (χ1v) is 6.13. The number of benzene rings is 1. The molecule has 0 spiro atoms. The molecule has 0 aliphatic heterocycles. The highest BCUT2D eigenvalue weighted by Gasteiger charge is 2.09. The van der Waals surface area contributed by atoms with Gasteiger partial charge in [-0.15, -0.1) is 0 Å². The highest BCUT2D eigenvalue weighted by Crippen LogP contribution is 2.10. The third-order valence-electron chi connectivity index (χ3n) is 1.42. The lowest BCUT2D eigenvalue weighted by atomic mass is 10.2. The van der Waals surface area contributed by atoms with Crippen molar-refractivity contribution in [3.05, 3.63) is 35.9 Å². The second-order valence-corrected chi connectivity index (χ2v) is 4.47. The minimum atomic E-state index is -4.49. The Morgan fingerprint density at radius 3 is 2.47 bits per heavy atom. The Labute approximate surface area is 91.6 Å². The van der Waals surface area contributed by atoms with Crippen molar-refractivity contribution in [3.8, 4) is 0 Å².